The second-order valence-corrected chi connectivity index (χ2v) is 7.98. The number of halogens is 3. The van der Waals surface area contributed by atoms with Crippen LogP contribution in [0, 0.1) is 0 Å². The van der Waals surface area contributed by atoms with E-state index in [2.05, 4.69) is 29.3 Å². The molecule has 178 valence electrons. The number of hydrogen-bond acceptors (Lipinski definition) is 5. The molecule has 0 saturated carbocycles. The molecule has 4 rings (SSSR count). The van der Waals surface area contributed by atoms with Crippen molar-refractivity contribution in [2.45, 2.75) is 19.5 Å². The van der Waals surface area contributed by atoms with Crippen molar-refractivity contribution in [3.8, 4) is 17.0 Å². The van der Waals surface area contributed by atoms with Gasteiger partial charge in [0.05, 0.1) is 11.3 Å². The molecular weight excluding hydrogens is 445 g/mol. The third-order valence-corrected chi connectivity index (χ3v) is 5.81. The van der Waals surface area contributed by atoms with Crippen molar-refractivity contribution in [1.82, 2.24) is 15.1 Å². The molecule has 1 aliphatic rings. The van der Waals surface area contributed by atoms with Gasteiger partial charge < -0.3 is 14.5 Å². The Kier molecular flexibility index (Phi) is 7.00. The first-order valence-electron chi connectivity index (χ1n) is 11.1. The van der Waals surface area contributed by atoms with Crippen LogP contribution in [0.1, 0.15) is 18.1 Å². The summed E-state index contributed by atoms with van der Waals surface area (Å²) >= 11 is 0. The van der Waals surface area contributed by atoms with E-state index in [1.165, 1.54) is 23.8 Å². The van der Waals surface area contributed by atoms with Crippen LogP contribution in [-0.2, 0) is 17.4 Å². The molecule has 1 saturated heterocycles. The fraction of sp³-hybridized carbons (Fsp3) is 0.320. The van der Waals surface area contributed by atoms with E-state index < -0.39 is 18.3 Å². The van der Waals surface area contributed by atoms with E-state index in [4.69, 9.17) is 4.74 Å². The standard InChI is InChI=1S/C25H25F3N4O2/c1-2-18-7-9-19(10-8-18)21-11-12-23(30-29-21)31-13-15-32(16-14-31)24(33)17-34-22-6-4-3-5-20(22)25(26,27)28/h3-12H,2,13-17H2,1H3. The monoisotopic (exact) mass is 470 g/mol. The molecule has 34 heavy (non-hydrogen) atoms. The lowest BCUT2D eigenvalue weighted by Gasteiger charge is -2.35. The van der Waals surface area contributed by atoms with E-state index in [0.717, 1.165) is 29.6 Å². The van der Waals surface area contributed by atoms with E-state index in [-0.39, 0.29) is 11.7 Å². The number of piperazine rings is 1. The van der Waals surface area contributed by atoms with Crippen molar-refractivity contribution in [2.24, 2.45) is 0 Å². The van der Waals surface area contributed by atoms with E-state index in [0.29, 0.717) is 26.2 Å². The summed E-state index contributed by atoms with van der Waals surface area (Å²) in [5.41, 5.74) is 2.15. The molecule has 0 aliphatic carbocycles. The average molecular weight is 470 g/mol. The number of aryl methyl sites for hydroxylation is 1. The molecule has 1 amide bonds. The first-order chi connectivity index (χ1) is 16.3. The predicted molar refractivity (Wildman–Crippen MR) is 123 cm³/mol. The highest BCUT2D eigenvalue weighted by atomic mass is 19.4. The Morgan fingerprint density at radius 3 is 2.26 bits per heavy atom. The number of alkyl halides is 3. The summed E-state index contributed by atoms with van der Waals surface area (Å²) in [7, 11) is 0. The Labute approximate surface area is 196 Å². The predicted octanol–water partition coefficient (Wildman–Crippen LogP) is 4.45. The third kappa shape index (κ3) is 5.47. The molecule has 3 aromatic rings. The fourth-order valence-corrected chi connectivity index (χ4v) is 3.80. The number of anilines is 1. The lowest BCUT2D eigenvalue weighted by Crippen LogP contribution is -2.50. The Bertz CT molecular complexity index is 1110. The number of carbonyl (C=O) groups excluding carboxylic acids is 1. The largest absolute Gasteiger partial charge is 0.483 e. The summed E-state index contributed by atoms with van der Waals surface area (Å²) in [6.45, 7) is 3.60. The van der Waals surface area contributed by atoms with Gasteiger partial charge in [0.25, 0.3) is 5.91 Å². The highest BCUT2D eigenvalue weighted by molar-refractivity contribution is 5.78. The van der Waals surface area contributed by atoms with Gasteiger partial charge in [0.2, 0.25) is 0 Å². The van der Waals surface area contributed by atoms with Gasteiger partial charge >= 0.3 is 6.18 Å². The van der Waals surface area contributed by atoms with Crippen LogP contribution in [0.3, 0.4) is 0 Å². The number of ether oxygens (including phenoxy) is 1. The van der Waals surface area contributed by atoms with Crippen molar-refractivity contribution >= 4 is 11.7 Å². The second-order valence-electron chi connectivity index (χ2n) is 7.98. The van der Waals surface area contributed by atoms with Gasteiger partial charge in [-0.2, -0.15) is 13.2 Å². The van der Waals surface area contributed by atoms with E-state index in [9.17, 15) is 18.0 Å². The number of rotatable bonds is 6. The number of hydrogen-bond donors (Lipinski definition) is 0. The highest BCUT2D eigenvalue weighted by Gasteiger charge is 2.34. The van der Waals surface area contributed by atoms with Crippen LogP contribution in [-0.4, -0.2) is 53.8 Å². The van der Waals surface area contributed by atoms with Crippen molar-refractivity contribution in [3.05, 3.63) is 71.8 Å². The number of aromatic nitrogens is 2. The topological polar surface area (TPSA) is 58.6 Å². The first kappa shape index (κ1) is 23.5. The highest BCUT2D eigenvalue weighted by Crippen LogP contribution is 2.35. The number of carbonyl (C=O) groups is 1. The zero-order valence-electron chi connectivity index (χ0n) is 18.8. The van der Waals surface area contributed by atoms with Crippen LogP contribution in [0.2, 0.25) is 0 Å². The number of para-hydroxylation sites is 1. The quantitative estimate of drug-likeness (QED) is 0.533. The maximum Gasteiger partial charge on any atom is 0.419 e. The molecule has 1 fully saturated rings. The lowest BCUT2D eigenvalue weighted by molar-refractivity contribution is -0.141. The molecule has 0 radical (unpaired) electrons. The van der Waals surface area contributed by atoms with Crippen LogP contribution >= 0.6 is 0 Å². The van der Waals surface area contributed by atoms with Gasteiger partial charge in [0.1, 0.15) is 5.75 Å². The van der Waals surface area contributed by atoms with Gasteiger partial charge in [0, 0.05) is 31.7 Å². The van der Waals surface area contributed by atoms with E-state index in [1.54, 1.807) is 4.90 Å². The normalized spacial score (nSPS) is 14.2. The molecule has 1 aromatic heterocycles. The molecule has 2 aromatic carbocycles. The van der Waals surface area contributed by atoms with E-state index in [1.807, 2.05) is 29.2 Å². The minimum absolute atomic E-state index is 0.346. The molecular formula is C25H25F3N4O2. The van der Waals surface area contributed by atoms with Crippen LogP contribution < -0.4 is 9.64 Å². The number of amides is 1. The molecule has 0 N–H and O–H groups in total. The Morgan fingerprint density at radius 2 is 1.65 bits per heavy atom. The van der Waals surface area contributed by atoms with Gasteiger partial charge in [0.15, 0.2) is 12.4 Å². The van der Waals surface area contributed by atoms with Crippen molar-refractivity contribution in [3.63, 3.8) is 0 Å². The maximum absolute atomic E-state index is 13.1. The van der Waals surface area contributed by atoms with Gasteiger partial charge in [-0.15, -0.1) is 10.2 Å². The molecule has 9 heteroatoms. The zero-order valence-corrected chi connectivity index (χ0v) is 18.8. The molecule has 0 atom stereocenters. The van der Waals surface area contributed by atoms with Gasteiger partial charge in [-0.25, -0.2) is 0 Å². The van der Waals surface area contributed by atoms with Gasteiger partial charge in [-0.3, -0.25) is 4.79 Å². The van der Waals surface area contributed by atoms with Crippen LogP contribution in [0.15, 0.2) is 60.7 Å². The summed E-state index contributed by atoms with van der Waals surface area (Å²) in [5.74, 6) is 0.0200. The Hall–Kier alpha value is -3.62. The SMILES string of the molecule is CCc1ccc(-c2ccc(N3CCN(C(=O)COc4ccccc4C(F)(F)F)CC3)nn2)cc1. The third-order valence-electron chi connectivity index (χ3n) is 5.81. The smallest absolute Gasteiger partial charge is 0.419 e. The van der Waals surface area contributed by atoms with Gasteiger partial charge in [-0.1, -0.05) is 43.3 Å². The average Bonchev–Trinajstić information content (AvgIpc) is 2.87. The van der Waals surface area contributed by atoms with Crippen molar-refractivity contribution in [1.29, 1.82) is 0 Å². The molecule has 0 unspecified atom stereocenters. The van der Waals surface area contributed by atoms with Crippen molar-refractivity contribution < 1.29 is 22.7 Å². The summed E-state index contributed by atoms with van der Waals surface area (Å²) in [4.78, 5) is 16.1. The number of benzene rings is 2. The Morgan fingerprint density at radius 1 is 0.941 bits per heavy atom. The zero-order chi connectivity index (χ0) is 24.1. The summed E-state index contributed by atoms with van der Waals surface area (Å²) in [6, 6.07) is 16.9. The Balaban J connectivity index is 1.30. The summed E-state index contributed by atoms with van der Waals surface area (Å²) < 4.78 is 44.5. The van der Waals surface area contributed by atoms with Crippen molar-refractivity contribution in [2.75, 3.05) is 37.7 Å². The van der Waals surface area contributed by atoms with Crippen LogP contribution in [0.4, 0.5) is 19.0 Å². The van der Waals surface area contributed by atoms with E-state index >= 15 is 0 Å². The number of nitrogens with zero attached hydrogens (tertiary/aromatic N) is 4. The summed E-state index contributed by atoms with van der Waals surface area (Å²) in [6.07, 6.45) is -3.56. The lowest BCUT2D eigenvalue weighted by atomic mass is 10.1. The molecule has 0 bridgehead atoms. The molecule has 2 heterocycles. The van der Waals surface area contributed by atoms with Gasteiger partial charge in [-0.05, 0) is 36.2 Å². The van der Waals surface area contributed by atoms with Crippen LogP contribution in [0.5, 0.6) is 5.75 Å². The fourth-order valence-electron chi connectivity index (χ4n) is 3.80. The van der Waals surface area contributed by atoms with Crippen LogP contribution in [0.25, 0.3) is 11.3 Å². The minimum Gasteiger partial charge on any atom is -0.483 e. The second kappa shape index (κ2) is 10.1. The molecule has 1 aliphatic heterocycles. The maximum atomic E-state index is 13.1. The minimum atomic E-state index is -4.54. The molecule has 0 spiro atoms. The first-order valence-corrected chi connectivity index (χ1v) is 11.1. The molecule has 6 nitrogen and oxygen atoms in total. The summed E-state index contributed by atoms with van der Waals surface area (Å²) in [5, 5.41) is 8.68.